The van der Waals surface area contributed by atoms with E-state index in [0.29, 0.717) is 0 Å². The molecular formula is C9H17NO. The first-order valence-corrected chi connectivity index (χ1v) is 3.78. The van der Waals surface area contributed by atoms with Crippen LogP contribution in [0.2, 0.25) is 0 Å². The van der Waals surface area contributed by atoms with E-state index in [-0.39, 0.29) is 11.3 Å². The van der Waals surface area contributed by atoms with Gasteiger partial charge in [-0.15, -0.1) is 0 Å². The van der Waals surface area contributed by atoms with Gasteiger partial charge in [0.2, 0.25) is 0 Å². The fraction of sp³-hybridized carbons (Fsp3) is 0.667. The minimum absolute atomic E-state index is 0.0384. The first-order chi connectivity index (χ1) is 4.83. The first-order valence-electron chi connectivity index (χ1n) is 3.78. The molecule has 0 fully saturated rings. The van der Waals surface area contributed by atoms with Crippen LogP contribution in [0.4, 0.5) is 0 Å². The van der Waals surface area contributed by atoms with Crippen molar-refractivity contribution in [2.75, 3.05) is 0 Å². The van der Waals surface area contributed by atoms with Gasteiger partial charge in [-0.1, -0.05) is 0 Å². The smallest absolute Gasteiger partial charge is 0.156 e. The van der Waals surface area contributed by atoms with Gasteiger partial charge in [-0.3, -0.25) is 4.79 Å². The summed E-state index contributed by atoms with van der Waals surface area (Å²) in [6, 6.07) is 0. The molecule has 1 N–H and O–H groups in total. The number of allylic oxidation sites excluding steroid dienone is 1. The molecular weight excluding hydrogens is 138 g/mol. The second-order valence-corrected chi connectivity index (χ2v) is 3.78. The Morgan fingerprint density at radius 3 is 2.00 bits per heavy atom. The summed E-state index contributed by atoms with van der Waals surface area (Å²) in [4.78, 5) is 10.8. The van der Waals surface area contributed by atoms with Crippen LogP contribution in [-0.4, -0.2) is 11.3 Å². The molecule has 0 saturated carbocycles. The van der Waals surface area contributed by atoms with Crippen molar-refractivity contribution in [2.24, 2.45) is 0 Å². The van der Waals surface area contributed by atoms with Gasteiger partial charge in [-0.25, -0.2) is 0 Å². The molecule has 0 aliphatic heterocycles. The highest BCUT2D eigenvalue weighted by atomic mass is 16.1. The molecule has 64 valence electrons. The Morgan fingerprint density at radius 2 is 1.73 bits per heavy atom. The summed E-state index contributed by atoms with van der Waals surface area (Å²) in [7, 11) is 0. The number of ketones is 1. The molecule has 0 bridgehead atoms. The molecule has 0 aliphatic carbocycles. The monoisotopic (exact) mass is 155 g/mol. The summed E-state index contributed by atoms with van der Waals surface area (Å²) in [6.45, 7) is 9.53. The fourth-order valence-corrected chi connectivity index (χ4v) is 0.426. The number of hydrogen-bond acceptors (Lipinski definition) is 2. The molecule has 2 nitrogen and oxygen atoms in total. The third-order valence-electron chi connectivity index (χ3n) is 1.28. The Hall–Kier alpha value is -0.790. The highest BCUT2D eigenvalue weighted by molar-refractivity contribution is 5.92. The maximum absolute atomic E-state index is 10.8. The second-order valence-electron chi connectivity index (χ2n) is 3.78. The molecule has 0 unspecified atom stereocenters. The molecule has 2 heteroatoms. The largest absolute Gasteiger partial charge is 0.386 e. The summed E-state index contributed by atoms with van der Waals surface area (Å²) in [5, 5.41) is 3.12. The van der Waals surface area contributed by atoms with Crippen LogP contribution in [0.3, 0.4) is 0 Å². The zero-order valence-electron chi connectivity index (χ0n) is 7.99. The van der Waals surface area contributed by atoms with Crippen molar-refractivity contribution in [3.05, 3.63) is 11.8 Å². The van der Waals surface area contributed by atoms with Crippen LogP contribution in [0.1, 0.15) is 34.6 Å². The van der Waals surface area contributed by atoms with E-state index in [0.717, 1.165) is 5.57 Å². The average molecular weight is 155 g/mol. The van der Waals surface area contributed by atoms with E-state index in [1.54, 1.807) is 20.0 Å². The number of carbonyl (C=O) groups excluding carboxylic acids is 1. The van der Waals surface area contributed by atoms with E-state index in [9.17, 15) is 4.79 Å². The lowest BCUT2D eigenvalue weighted by Gasteiger charge is -2.19. The highest BCUT2D eigenvalue weighted by Crippen LogP contribution is 2.00. The molecule has 0 aromatic rings. The van der Waals surface area contributed by atoms with E-state index in [2.05, 4.69) is 26.1 Å². The molecule has 0 aliphatic rings. The number of rotatable bonds is 2. The van der Waals surface area contributed by atoms with E-state index < -0.39 is 0 Å². The lowest BCUT2D eigenvalue weighted by molar-refractivity contribution is -0.113. The maximum atomic E-state index is 10.8. The number of carbonyl (C=O) groups is 1. The zero-order chi connectivity index (χ0) is 9.07. The average Bonchev–Trinajstić information content (AvgIpc) is 1.80. The Kier molecular flexibility index (Phi) is 3.30. The quantitative estimate of drug-likeness (QED) is 0.617. The van der Waals surface area contributed by atoms with Gasteiger partial charge >= 0.3 is 0 Å². The topological polar surface area (TPSA) is 29.1 Å². The van der Waals surface area contributed by atoms with Crippen LogP contribution < -0.4 is 5.32 Å². The fourth-order valence-electron chi connectivity index (χ4n) is 0.426. The van der Waals surface area contributed by atoms with Crippen molar-refractivity contribution in [2.45, 2.75) is 40.2 Å². The van der Waals surface area contributed by atoms with Crippen molar-refractivity contribution in [3.8, 4) is 0 Å². The molecule has 0 rings (SSSR count). The van der Waals surface area contributed by atoms with Crippen molar-refractivity contribution >= 4 is 5.78 Å². The molecule has 0 spiro atoms. The van der Waals surface area contributed by atoms with Crippen LogP contribution >= 0.6 is 0 Å². The molecule has 0 amide bonds. The van der Waals surface area contributed by atoms with Crippen LogP contribution in [0, 0.1) is 0 Å². The van der Waals surface area contributed by atoms with Gasteiger partial charge in [-0.05, 0) is 34.6 Å². The predicted octanol–water partition coefficient (Wildman–Crippen LogP) is 1.87. The van der Waals surface area contributed by atoms with Crippen molar-refractivity contribution in [1.29, 1.82) is 0 Å². The lowest BCUT2D eigenvalue weighted by atomic mass is 10.1. The standard InChI is InChI=1S/C9H17NO/c1-7(8(2)11)6-10-9(3,4)5/h6,10H,1-5H3/b7-6+. The summed E-state index contributed by atoms with van der Waals surface area (Å²) in [5.41, 5.74) is 0.802. The predicted molar refractivity (Wildman–Crippen MR) is 47.3 cm³/mol. The van der Waals surface area contributed by atoms with Gasteiger partial charge < -0.3 is 5.32 Å². The molecule has 0 heterocycles. The van der Waals surface area contributed by atoms with Gasteiger partial charge in [0.05, 0.1) is 0 Å². The summed E-state index contributed by atoms with van der Waals surface area (Å²) in [5.74, 6) is 0.113. The van der Waals surface area contributed by atoms with Gasteiger partial charge in [0, 0.05) is 17.3 Å². The molecule has 0 saturated heterocycles. The van der Waals surface area contributed by atoms with E-state index in [1.165, 1.54) is 0 Å². The minimum Gasteiger partial charge on any atom is -0.386 e. The van der Waals surface area contributed by atoms with Crippen LogP contribution in [0.5, 0.6) is 0 Å². The van der Waals surface area contributed by atoms with Crippen LogP contribution in [0.25, 0.3) is 0 Å². The number of Topliss-reactive ketones (excluding diaryl/α,β-unsaturated/α-hetero) is 1. The normalized spacial score (nSPS) is 13.0. The Morgan fingerprint density at radius 1 is 1.27 bits per heavy atom. The Balaban J connectivity index is 4.04. The van der Waals surface area contributed by atoms with Crippen LogP contribution in [-0.2, 0) is 4.79 Å². The third kappa shape index (κ3) is 5.64. The summed E-state index contributed by atoms with van der Waals surface area (Å²) >= 11 is 0. The van der Waals surface area contributed by atoms with Gasteiger partial charge in [0.25, 0.3) is 0 Å². The van der Waals surface area contributed by atoms with Gasteiger partial charge in [0.1, 0.15) is 0 Å². The highest BCUT2D eigenvalue weighted by Gasteiger charge is 2.06. The molecule has 11 heavy (non-hydrogen) atoms. The number of nitrogens with one attached hydrogen (secondary N) is 1. The molecule has 0 atom stereocenters. The molecule has 0 aromatic heterocycles. The number of hydrogen-bond donors (Lipinski definition) is 1. The Labute approximate surface area is 68.7 Å². The zero-order valence-corrected chi connectivity index (χ0v) is 7.99. The summed E-state index contributed by atoms with van der Waals surface area (Å²) in [6.07, 6.45) is 1.77. The maximum Gasteiger partial charge on any atom is 0.156 e. The Bertz CT molecular complexity index is 174. The second kappa shape index (κ2) is 3.56. The lowest BCUT2D eigenvalue weighted by Crippen LogP contribution is -2.31. The van der Waals surface area contributed by atoms with Crippen LogP contribution in [0.15, 0.2) is 11.8 Å². The van der Waals surface area contributed by atoms with E-state index in [1.807, 2.05) is 0 Å². The van der Waals surface area contributed by atoms with E-state index in [4.69, 9.17) is 0 Å². The van der Waals surface area contributed by atoms with Gasteiger partial charge in [0.15, 0.2) is 5.78 Å². The van der Waals surface area contributed by atoms with Crippen molar-refractivity contribution < 1.29 is 4.79 Å². The van der Waals surface area contributed by atoms with Crippen molar-refractivity contribution in [3.63, 3.8) is 0 Å². The molecule has 0 aromatic carbocycles. The third-order valence-corrected chi connectivity index (χ3v) is 1.28. The molecule has 0 radical (unpaired) electrons. The minimum atomic E-state index is 0.0384. The van der Waals surface area contributed by atoms with Crippen molar-refractivity contribution in [1.82, 2.24) is 5.32 Å². The SMILES string of the molecule is CC(=O)/C(C)=C/NC(C)(C)C. The van der Waals surface area contributed by atoms with E-state index >= 15 is 0 Å². The first kappa shape index (κ1) is 10.2. The summed E-state index contributed by atoms with van der Waals surface area (Å²) < 4.78 is 0. The van der Waals surface area contributed by atoms with Gasteiger partial charge in [-0.2, -0.15) is 0 Å².